The van der Waals surface area contributed by atoms with Crippen LogP contribution in [0.25, 0.3) is 0 Å². The fourth-order valence-corrected chi connectivity index (χ4v) is 3.62. The highest BCUT2D eigenvalue weighted by Gasteiger charge is 2.11. The summed E-state index contributed by atoms with van der Waals surface area (Å²) in [6.07, 6.45) is 5.62. The molecule has 186 valence electrons. The van der Waals surface area contributed by atoms with Gasteiger partial charge in [0.15, 0.2) is 0 Å². The second-order valence-corrected chi connectivity index (χ2v) is 8.52. The first kappa shape index (κ1) is 26.5. The van der Waals surface area contributed by atoms with Crippen LogP contribution in [0.2, 0.25) is 0 Å². The number of benzene rings is 3. The lowest BCUT2D eigenvalue weighted by atomic mass is 10.1. The molecule has 2 amide bonds. The number of hydrogen-bond acceptors (Lipinski definition) is 4. The predicted octanol–water partition coefficient (Wildman–Crippen LogP) is 6.34. The Morgan fingerprint density at radius 1 is 0.556 bits per heavy atom. The van der Waals surface area contributed by atoms with E-state index in [2.05, 4.69) is 34.9 Å². The molecule has 2 N–H and O–H groups in total. The van der Waals surface area contributed by atoms with E-state index in [-0.39, 0.29) is 11.8 Å². The smallest absolute Gasteiger partial charge is 0.267 e. The third-order valence-electron chi connectivity index (χ3n) is 5.74. The maximum atomic E-state index is 12.7. The van der Waals surface area contributed by atoms with Gasteiger partial charge in [-0.15, -0.1) is 0 Å². The van der Waals surface area contributed by atoms with Crippen molar-refractivity contribution in [2.24, 2.45) is 10.2 Å². The SMILES string of the molecule is CCCC/C(=N\NC(=O)c1ccc(C(=O)N/N=C(\CCCC)c2ccccc2)cc1)c1ccccc1. The molecule has 0 bridgehead atoms. The largest absolute Gasteiger partial charge is 0.271 e. The van der Waals surface area contributed by atoms with E-state index in [0.29, 0.717) is 11.1 Å². The lowest BCUT2D eigenvalue weighted by molar-refractivity contribution is 0.0943. The highest BCUT2D eigenvalue weighted by atomic mass is 16.2. The van der Waals surface area contributed by atoms with Crippen molar-refractivity contribution in [1.29, 1.82) is 0 Å². The average Bonchev–Trinajstić information content (AvgIpc) is 2.94. The zero-order chi connectivity index (χ0) is 25.6. The van der Waals surface area contributed by atoms with Gasteiger partial charge in [-0.3, -0.25) is 9.59 Å². The lowest BCUT2D eigenvalue weighted by Gasteiger charge is -2.08. The van der Waals surface area contributed by atoms with Crippen LogP contribution in [0.1, 0.15) is 84.2 Å². The fraction of sp³-hybridized carbons (Fsp3) is 0.267. The Kier molecular flexibility index (Phi) is 10.6. The van der Waals surface area contributed by atoms with Crippen LogP contribution in [-0.4, -0.2) is 23.2 Å². The Bertz CT molecular complexity index is 1080. The van der Waals surface area contributed by atoms with E-state index in [1.165, 1.54) is 0 Å². The van der Waals surface area contributed by atoms with Crippen molar-refractivity contribution in [3.63, 3.8) is 0 Å². The van der Waals surface area contributed by atoms with Crippen LogP contribution in [0, 0.1) is 0 Å². The summed E-state index contributed by atoms with van der Waals surface area (Å²) in [6, 6.07) is 26.2. The number of unbranched alkanes of at least 4 members (excludes halogenated alkanes) is 2. The molecule has 0 fully saturated rings. The maximum Gasteiger partial charge on any atom is 0.271 e. The van der Waals surface area contributed by atoms with Crippen LogP contribution in [0.3, 0.4) is 0 Å². The molecule has 0 aliphatic carbocycles. The summed E-state index contributed by atoms with van der Waals surface area (Å²) in [5, 5.41) is 8.77. The van der Waals surface area contributed by atoms with E-state index in [1.54, 1.807) is 24.3 Å². The minimum absolute atomic E-state index is 0.323. The summed E-state index contributed by atoms with van der Waals surface area (Å²) in [6.45, 7) is 4.25. The van der Waals surface area contributed by atoms with E-state index in [1.807, 2.05) is 60.7 Å². The van der Waals surface area contributed by atoms with Crippen LogP contribution in [0.5, 0.6) is 0 Å². The van der Waals surface area contributed by atoms with Crippen LogP contribution >= 0.6 is 0 Å². The van der Waals surface area contributed by atoms with E-state index < -0.39 is 0 Å². The number of hydrazone groups is 2. The van der Waals surface area contributed by atoms with Crippen molar-refractivity contribution in [3.8, 4) is 0 Å². The fourth-order valence-electron chi connectivity index (χ4n) is 3.62. The molecular weight excluding hydrogens is 448 g/mol. The van der Waals surface area contributed by atoms with Gasteiger partial charge in [-0.05, 0) is 61.1 Å². The number of amides is 2. The predicted molar refractivity (Wildman–Crippen MR) is 146 cm³/mol. The Labute approximate surface area is 213 Å². The van der Waals surface area contributed by atoms with Gasteiger partial charge in [0.1, 0.15) is 0 Å². The average molecular weight is 483 g/mol. The Morgan fingerprint density at radius 2 is 0.917 bits per heavy atom. The summed E-state index contributed by atoms with van der Waals surface area (Å²) >= 11 is 0. The molecule has 0 saturated carbocycles. The number of carbonyl (C=O) groups excluding carboxylic acids is 2. The maximum absolute atomic E-state index is 12.7. The Hall–Kier alpha value is -4.06. The lowest BCUT2D eigenvalue weighted by Crippen LogP contribution is -2.22. The van der Waals surface area contributed by atoms with Gasteiger partial charge in [0.2, 0.25) is 0 Å². The standard InChI is InChI=1S/C30H34N4O2/c1-3-5-17-27(23-13-9-7-10-14-23)31-33-29(35)25-19-21-26(22-20-25)30(36)34-32-28(18-6-4-2)24-15-11-8-12-16-24/h7-16,19-22H,3-6,17-18H2,1-2H3,(H,33,35)(H,34,36)/b31-27+,32-28+. The third kappa shape index (κ3) is 8.01. The summed E-state index contributed by atoms with van der Waals surface area (Å²) in [5.74, 6) is -0.647. The molecule has 0 saturated heterocycles. The second-order valence-electron chi connectivity index (χ2n) is 8.52. The second kappa shape index (κ2) is 14.4. The van der Waals surface area contributed by atoms with Crippen LogP contribution in [0.15, 0.2) is 95.1 Å². The summed E-state index contributed by atoms with van der Waals surface area (Å²) in [5.41, 5.74) is 9.85. The molecule has 6 heteroatoms. The molecule has 0 aromatic heterocycles. The van der Waals surface area contributed by atoms with E-state index >= 15 is 0 Å². The number of hydrogen-bond donors (Lipinski definition) is 2. The first-order chi connectivity index (χ1) is 17.6. The van der Waals surface area contributed by atoms with Gasteiger partial charge >= 0.3 is 0 Å². The molecule has 0 unspecified atom stereocenters. The van der Waals surface area contributed by atoms with Crippen molar-refractivity contribution in [2.45, 2.75) is 52.4 Å². The molecule has 0 aliphatic heterocycles. The molecule has 0 heterocycles. The van der Waals surface area contributed by atoms with Crippen molar-refractivity contribution in [1.82, 2.24) is 10.9 Å². The minimum atomic E-state index is -0.323. The minimum Gasteiger partial charge on any atom is -0.267 e. The first-order valence-electron chi connectivity index (χ1n) is 12.6. The van der Waals surface area contributed by atoms with Crippen LogP contribution in [0.4, 0.5) is 0 Å². The van der Waals surface area contributed by atoms with Crippen molar-refractivity contribution in [3.05, 3.63) is 107 Å². The number of nitrogens with zero attached hydrogens (tertiary/aromatic N) is 2. The van der Waals surface area contributed by atoms with Gasteiger partial charge in [0.05, 0.1) is 11.4 Å². The molecule has 0 radical (unpaired) electrons. The third-order valence-corrected chi connectivity index (χ3v) is 5.74. The van der Waals surface area contributed by atoms with E-state index in [4.69, 9.17) is 0 Å². The van der Waals surface area contributed by atoms with Crippen LogP contribution in [-0.2, 0) is 0 Å². The zero-order valence-electron chi connectivity index (χ0n) is 21.0. The number of nitrogens with one attached hydrogen (secondary N) is 2. The van der Waals surface area contributed by atoms with Crippen LogP contribution < -0.4 is 10.9 Å². The van der Waals surface area contributed by atoms with Crippen molar-refractivity contribution >= 4 is 23.2 Å². The Balaban J connectivity index is 1.65. The zero-order valence-corrected chi connectivity index (χ0v) is 21.0. The summed E-state index contributed by atoms with van der Waals surface area (Å²) in [4.78, 5) is 25.3. The Morgan fingerprint density at radius 3 is 1.25 bits per heavy atom. The van der Waals surface area contributed by atoms with E-state index in [9.17, 15) is 9.59 Å². The van der Waals surface area contributed by atoms with Crippen molar-refractivity contribution in [2.75, 3.05) is 0 Å². The van der Waals surface area contributed by atoms with Gasteiger partial charge in [-0.1, -0.05) is 87.4 Å². The van der Waals surface area contributed by atoms with Gasteiger partial charge < -0.3 is 0 Å². The molecule has 3 rings (SSSR count). The molecule has 3 aromatic rings. The van der Waals surface area contributed by atoms with Gasteiger partial charge in [0.25, 0.3) is 11.8 Å². The monoisotopic (exact) mass is 482 g/mol. The molecule has 0 atom stereocenters. The summed E-state index contributed by atoms with van der Waals surface area (Å²) in [7, 11) is 0. The quantitative estimate of drug-likeness (QED) is 0.233. The number of rotatable bonds is 12. The van der Waals surface area contributed by atoms with Gasteiger partial charge in [-0.25, -0.2) is 10.9 Å². The highest BCUT2D eigenvalue weighted by Crippen LogP contribution is 2.10. The van der Waals surface area contributed by atoms with Gasteiger partial charge in [-0.2, -0.15) is 10.2 Å². The molecule has 36 heavy (non-hydrogen) atoms. The number of carbonyl (C=O) groups is 2. The first-order valence-corrected chi connectivity index (χ1v) is 12.6. The molecule has 0 spiro atoms. The molecule has 0 aliphatic rings. The molecule has 3 aromatic carbocycles. The molecular formula is C30H34N4O2. The molecule has 6 nitrogen and oxygen atoms in total. The summed E-state index contributed by atoms with van der Waals surface area (Å²) < 4.78 is 0. The van der Waals surface area contributed by atoms with E-state index in [0.717, 1.165) is 61.1 Å². The topological polar surface area (TPSA) is 82.9 Å². The normalized spacial score (nSPS) is 11.7. The van der Waals surface area contributed by atoms with Crippen molar-refractivity contribution < 1.29 is 9.59 Å². The highest BCUT2D eigenvalue weighted by molar-refractivity contribution is 6.03. The van der Waals surface area contributed by atoms with Gasteiger partial charge in [0, 0.05) is 11.1 Å².